The number of carbonyl (C=O) groups is 1. The first-order valence-electron chi connectivity index (χ1n) is 5.07. The highest BCUT2D eigenvalue weighted by Gasteiger charge is 2.50. The molecule has 0 heterocycles. The Bertz CT molecular complexity index is 484. The number of nitrogens with one attached hydrogen (secondary N) is 1. The molecule has 1 aromatic carbocycles. The minimum absolute atomic E-state index is 0.207. The van der Waals surface area contributed by atoms with E-state index in [2.05, 4.69) is 0 Å². The van der Waals surface area contributed by atoms with Crippen LogP contribution >= 0.6 is 0 Å². The summed E-state index contributed by atoms with van der Waals surface area (Å²) < 4.78 is 62.3. The second-order valence-corrected chi connectivity index (χ2v) is 4.13. The van der Waals surface area contributed by atoms with Gasteiger partial charge in [0.25, 0.3) is 0 Å². The van der Waals surface area contributed by atoms with Gasteiger partial charge in [-0.3, -0.25) is 4.79 Å². The molecule has 3 nitrogen and oxygen atoms in total. The van der Waals surface area contributed by atoms with Gasteiger partial charge < -0.3 is 10.4 Å². The quantitative estimate of drug-likeness (QED) is 0.838. The summed E-state index contributed by atoms with van der Waals surface area (Å²) in [4.78, 5) is 11.3. The fraction of sp³-hybridized carbons (Fsp3) is 0.364. The van der Waals surface area contributed by atoms with Crippen LogP contribution in [0.15, 0.2) is 18.2 Å². The maximum absolute atomic E-state index is 12.8. The highest BCUT2D eigenvalue weighted by Crippen LogP contribution is 2.32. The Morgan fingerprint density at radius 1 is 1.26 bits per heavy atom. The Kier molecular flexibility index (Phi) is 4.14. The number of hydrogen-bond donors (Lipinski definition) is 2. The van der Waals surface area contributed by atoms with Crippen molar-refractivity contribution in [2.45, 2.75) is 25.1 Å². The minimum Gasteiger partial charge on any atom is -0.380 e. The lowest BCUT2D eigenvalue weighted by atomic mass is 10.0. The van der Waals surface area contributed by atoms with E-state index in [0.29, 0.717) is 19.1 Å². The zero-order valence-corrected chi connectivity index (χ0v) is 9.68. The van der Waals surface area contributed by atoms with Crippen molar-refractivity contribution in [1.82, 2.24) is 0 Å². The highest BCUT2D eigenvalue weighted by molar-refractivity contribution is 5.91. The van der Waals surface area contributed by atoms with Gasteiger partial charge in [0.2, 0.25) is 5.91 Å². The molecule has 0 fully saturated rings. The third kappa shape index (κ3) is 3.88. The molecule has 0 saturated heterocycles. The van der Waals surface area contributed by atoms with E-state index in [-0.39, 0.29) is 5.69 Å². The smallest absolute Gasteiger partial charge is 0.380 e. The van der Waals surface area contributed by atoms with E-state index in [9.17, 15) is 26.7 Å². The van der Waals surface area contributed by atoms with E-state index in [1.807, 2.05) is 5.32 Å². The first-order valence-corrected chi connectivity index (χ1v) is 5.07. The maximum Gasteiger partial charge on any atom is 0.417 e. The molecule has 19 heavy (non-hydrogen) atoms. The molecule has 0 aliphatic heterocycles. The molecule has 0 spiro atoms. The molecule has 106 valence electrons. The topological polar surface area (TPSA) is 49.3 Å². The standard InChI is InChI=1S/C11H10F5NO2/c1-10(19,11(14,15)16)5-9(18)17-6-2-3-7(12)8(13)4-6/h2-4,19H,5H2,1H3,(H,17,18)/t10-/m0/s1. The Morgan fingerprint density at radius 3 is 2.32 bits per heavy atom. The molecule has 8 heteroatoms. The van der Waals surface area contributed by atoms with Gasteiger partial charge >= 0.3 is 6.18 Å². The Morgan fingerprint density at radius 2 is 1.84 bits per heavy atom. The first-order chi connectivity index (χ1) is 8.53. The third-order valence-electron chi connectivity index (χ3n) is 2.32. The van der Waals surface area contributed by atoms with Gasteiger partial charge in [-0.2, -0.15) is 13.2 Å². The van der Waals surface area contributed by atoms with Crippen LogP contribution in [0, 0.1) is 11.6 Å². The van der Waals surface area contributed by atoms with E-state index >= 15 is 0 Å². The average Bonchev–Trinajstić information content (AvgIpc) is 2.21. The number of alkyl halides is 3. The van der Waals surface area contributed by atoms with Crippen molar-refractivity contribution in [1.29, 1.82) is 0 Å². The van der Waals surface area contributed by atoms with Crippen LogP contribution in [0.4, 0.5) is 27.6 Å². The summed E-state index contributed by atoms with van der Waals surface area (Å²) in [6.07, 6.45) is -6.23. The zero-order chi connectivity index (χ0) is 14.8. The number of amides is 1. The summed E-state index contributed by atoms with van der Waals surface area (Å²) >= 11 is 0. The van der Waals surface area contributed by atoms with Crippen LogP contribution in [0.1, 0.15) is 13.3 Å². The van der Waals surface area contributed by atoms with Crippen LogP contribution in [-0.4, -0.2) is 22.8 Å². The number of rotatable bonds is 3. The normalized spacial score (nSPS) is 14.9. The molecule has 0 aliphatic carbocycles. The van der Waals surface area contributed by atoms with Crippen LogP contribution in [0.25, 0.3) is 0 Å². The van der Waals surface area contributed by atoms with Gasteiger partial charge in [-0.1, -0.05) is 0 Å². The second-order valence-electron chi connectivity index (χ2n) is 4.13. The van der Waals surface area contributed by atoms with Crippen molar-refractivity contribution >= 4 is 11.6 Å². The first kappa shape index (κ1) is 15.4. The van der Waals surface area contributed by atoms with E-state index in [4.69, 9.17) is 5.11 Å². The summed E-state index contributed by atoms with van der Waals surface area (Å²) in [6, 6.07) is 2.32. The summed E-state index contributed by atoms with van der Waals surface area (Å²) in [5, 5.41) is 11.0. The Hall–Kier alpha value is -1.70. The van der Waals surface area contributed by atoms with Gasteiger partial charge in [0.05, 0.1) is 6.42 Å². The SMILES string of the molecule is C[C@](O)(CC(=O)Nc1ccc(F)c(F)c1)C(F)(F)F. The molecule has 0 saturated carbocycles. The summed E-state index contributed by atoms with van der Waals surface area (Å²) in [7, 11) is 0. The van der Waals surface area contributed by atoms with E-state index < -0.39 is 35.7 Å². The van der Waals surface area contributed by atoms with Crippen molar-refractivity contribution < 1.29 is 31.9 Å². The number of benzene rings is 1. The molecule has 1 atom stereocenters. The monoisotopic (exact) mass is 283 g/mol. The fourth-order valence-corrected chi connectivity index (χ4v) is 1.19. The van der Waals surface area contributed by atoms with E-state index in [1.165, 1.54) is 0 Å². The van der Waals surface area contributed by atoms with Crippen LogP contribution in [0.5, 0.6) is 0 Å². The van der Waals surface area contributed by atoms with E-state index in [0.717, 1.165) is 6.07 Å². The molecule has 0 unspecified atom stereocenters. The van der Waals surface area contributed by atoms with E-state index in [1.54, 1.807) is 0 Å². The van der Waals surface area contributed by atoms with Crippen molar-refractivity contribution in [3.8, 4) is 0 Å². The summed E-state index contributed by atoms with van der Waals surface area (Å²) in [5.41, 5.74) is -3.41. The Balaban J connectivity index is 2.73. The van der Waals surface area contributed by atoms with Crippen LogP contribution in [0.2, 0.25) is 0 Å². The average molecular weight is 283 g/mol. The van der Waals surface area contributed by atoms with Crippen LogP contribution < -0.4 is 5.32 Å². The van der Waals surface area contributed by atoms with Gasteiger partial charge in [-0.05, 0) is 19.1 Å². The predicted octanol–water partition coefficient (Wildman–Crippen LogP) is 2.61. The molecular weight excluding hydrogens is 273 g/mol. The molecular formula is C11H10F5NO2. The number of carbonyl (C=O) groups excluding carboxylic acids is 1. The van der Waals surface area contributed by atoms with Crippen molar-refractivity contribution in [3.05, 3.63) is 29.8 Å². The number of aliphatic hydroxyl groups is 1. The lowest BCUT2D eigenvalue weighted by Gasteiger charge is -2.25. The molecule has 1 rings (SSSR count). The largest absolute Gasteiger partial charge is 0.417 e. The fourth-order valence-electron chi connectivity index (χ4n) is 1.19. The highest BCUT2D eigenvalue weighted by atomic mass is 19.4. The molecule has 0 aliphatic rings. The van der Waals surface area contributed by atoms with Crippen LogP contribution in [0.3, 0.4) is 0 Å². The van der Waals surface area contributed by atoms with Gasteiger partial charge in [-0.25, -0.2) is 8.78 Å². The number of hydrogen-bond acceptors (Lipinski definition) is 2. The number of halogens is 5. The van der Waals surface area contributed by atoms with Crippen molar-refractivity contribution in [3.63, 3.8) is 0 Å². The number of anilines is 1. The lowest BCUT2D eigenvalue weighted by molar-refractivity contribution is -0.252. The van der Waals surface area contributed by atoms with Crippen molar-refractivity contribution in [2.24, 2.45) is 0 Å². The molecule has 1 amide bonds. The molecule has 0 aromatic heterocycles. The Labute approximate surface area is 105 Å². The zero-order valence-electron chi connectivity index (χ0n) is 9.68. The molecule has 0 radical (unpaired) electrons. The lowest BCUT2D eigenvalue weighted by Crippen LogP contribution is -2.44. The summed E-state index contributed by atoms with van der Waals surface area (Å²) in [5.74, 6) is -3.57. The molecule has 1 aromatic rings. The van der Waals surface area contributed by atoms with Gasteiger partial charge in [0.15, 0.2) is 17.2 Å². The minimum atomic E-state index is -4.97. The van der Waals surface area contributed by atoms with Gasteiger partial charge in [0.1, 0.15) is 0 Å². The molecule has 0 bridgehead atoms. The third-order valence-corrected chi connectivity index (χ3v) is 2.32. The van der Waals surface area contributed by atoms with Gasteiger partial charge in [-0.15, -0.1) is 0 Å². The second kappa shape index (κ2) is 5.12. The maximum atomic E-state index is 12.8. The van der Waals surface area contributed by atoms with Crippen molar-refractivity contribution in [2.75, 3.05) is 5.32 Å². The van der Waals surface area contributed by atoms with Crippen LogP contribution in [-0.2, 0) is 4.79 Å². The summed E-state index contributed by atoms with van der Waals surface area (Å²) in [6.45, 7) is 0.442. The van der Waals surface area contributed by atoms with Gasteiger partial charge in [0, 0.05) is 11.8 Å². The predicted molar refractivity (Wildman–Crippen MR) is 56.3 cm³/mol. The molecule has 2 N–H and O–H groups in total.